The fourth-order valence-electron chi connectivity index (χ4n) is 21.3. The van der Waals surface area contributed by atoms with Gasteiger partial charge in [-0.1, -0.05) is 90.5 Å². The smallest absolute Gasteiger partial charge is 0.170 e. The number of piperidine rings is 4. The number of halogens is 5. The van der Waals surface area contributed by atoms with Crippen molar-refractivity contribution in [1.82, 2.24) is 54.8 Å². The molecule has 12 aromatic rings. The van der Waals surface area contributed by atoms with Gasteiger partial charge in [-0.3, -0.25) is 0 Å². The fourth-order valence-corrected chi connectivity index (χ4v) is 21.5. The standard InChI is InChI=1S/2C27H32FN5O2.C26H30ClFN4O.C26H32FN5O2/c2*1-35-23-6-3-2-5-20(23)18-7-12-32(13-8-18)25-21-15-24(33-14-9-19(34)17-33)29-16-22(21)30-26(31-25)27(28)10-4-11-27;1-17-5-3-4-6-20(17)18-7-11-32(12-8-18)24-21-15-19(31(2)13-14-33)16-22(27)23(21)29-25(30-24)26(28)9-10-26;1-31(14-15-33)23-16-20-21(17-28-23)29-25(26(27)10-5-11-26)30-24(20)32-12-8-18(9-13-32)19-6-3-4-7-22(19)34-2/h2*2-3,5-6,15-16,18-19,34H,4,7-14,17H2,1H3;3-6,15-16,18,33H,7-14H2,1-2H3;3-4,6-7,16-18,33H,5,8-15H2,1-2H3/t2*19-;;/m10../s1. The first-order valence-electron chi connectivity index (χ1n) is 49.3. The number of nitrogens with zero attached hydrogens (tertiary/aromatic N) is 19. The molecule has 137 heavy (non-hydrogen) atoms. The van der Waals surface area contributed by atoms with Crippen LogP contribution in [0.3, 0.4) is 0 Å². The number of anilines is 8. The van der Waals surface area contributed by atoms with Crippen molar-refractivity contribution in [3.8, 4) is 17.2 Å². The normalized spacial score (nSPS) is 20.3. The molecule has 4 saturated carbocycles. The second-order valence-electron chi connectivity index (χ2n) is 39.1. The van der Waals surface area contributed by atoms with Gasteiger partial charge < -0.3 is 73.8 Å². The maximum atomic E-state index is 15.4. The van der Waals surface area contributed by atoms with Crippen LogP contribution in [0.1, 0.15) is 210 Å². The molecule has 4 N–H and O–H groups in total. The Morgan fingerprint density at radius 2 is 0.708 bits per heavy atom. The predicted molar refractivity (Wildman–Crippen MR) is 532 cm³/mol. The molecule has 31 heteroatoms. The number of alkyl halides is 4. The quantitative estimate of drug-likeness (QED) is 0.0433. The molecule has 26 nitrogen and oxygen atoms in total. The number of β-amino-alcohol motifs (C(OH)–C–C–N with tert-alkyl or cyclic N) is 2. The van der Waals surface area contributed by atoms with Crippen LogP contribution in [0.15, 0.2) is 146 Å². The van der Waals surface area contributed by atoms with Crippen molar-refractivity contribution in [2.24, 2.45) is 0 Å². The van der Waals surface area contributed by atoms with E-state index >= 15 is 17.6 Å². The summed E-state index contributed by atoms with van der Waals surface area (Å²) >= 11 is 6.66. The first-order chi connectivity index (χ1) is 66.5. The second-order valence-corrected chi connectivity index (χ2v) is 39.5. The molecule has 10 fully saturated rings. The number of fused-ring (bicyclic) bond motifs is 4. The third-order valence-corrected chi connectivity index (χ3v) is 30.6. The van der Waals surface area contributed by atoms with Crippen molar-refractivity contribution in [3.05, 3.63) is 202 Å². The monoisotopic (exact) mass is 1890 g/mol. The zero-order valence-electron chi connectivity index (χ0n) is 79.4. The number of rotatable bonds is 23. The van der Waals surface area contributed by atoms with Crippen LogP contribution >= 0.6 is 11.6 Å². The summed E-state index contributed by atoms with van der Waals surface area (Å²) in [6.45, 7) is 12.6. The first kappa shape index (κ1) is 94.5. The van der Waals surface area contributed by atoms with Gasteiger partial charge in [0.25, 0.3) is 0 Å². The molecule has 13 heterocycles. The lowest BCUT2D eigenvalue weighted by molar-refractivity contribution is 0.0510. The van der Waals surface area contributed by atoms with E-state index in [-0.39, 0.29) is 37.1 Å². The van der Waals surface area contributed by atoms with Crippen molar-refractivity contribution >= 4 is 102 Å². The minimum absolute atomic E-state index is 0.0410. The zero-order chi connectivity index (χ0) is 94.9. The number of benzene rings is 5. The van der Waals surface area contributed by atoms with E-state index in [4.69, 9.17) is 45.7 Å². The van der Waals surface area contributed by atoms with Crippen molar-refractivity contribution in [1.29, 1.82) is 0 Å². The van der Waals surface area contributed by atoms with E-state index in [0.717, 1.165) is 234 Å². The van der Waals surface area contributed by atoms with E-state index in [0.29, 0.717) is 140 Å². The van der Waals surface area contributed by atoms with Crippen LogP contribution in [0.4, 0.5) is 64.0 Å². The summed E-state index contributed by atoms with van der Waals surface area (Å²) in [5, 5.41) is 42.7. The van der Waals surface area contributed by atoms with Gasteiger partial charge in [0.2, 0.25) is 0 Å². The molecule has 5 aromatic carbocycles. The van der Waals surface area contributed by atoms with E-state index in [2.05, 4.69) is 132 Å². The summed E-state index contributed by atoms with van der Waals surface area (Å²) in [5.41, 5.74) is 4.27. The minimum atomic E-state index is -1.44. The lowest BCUT2D eigenvalue weighted by atomic mass is 9.81. The molecule has 0 bridgehead atoms. The molecular weight excluding hydrogens is 1760 g/mol. The van der Waals surface area contributed by atoms with Crippen LogP contribution in [0.25, 0.3) is 43.6 Å². The van der Waals surface area contributed by atoms with Crippen molar-refractivity contribution in [2.75, 3.05) is 179 Å². The molecule has 0 spiro atoms. The summed E-state index contributed by atoms with van der Waals surface area (Å²) < 4.78 is 78.1. The summed E-state index contributed by atoms with van der Waals surface area (Å²) in [5.74, 6) is 11.2. The van der Waals surface area contributed by atoms with Crippen LogP contribution in [0.2, 0.25) is 5.02 Å². The Bertz CT molecular complexity index is 6100. The Kier molecular flexibility index (Phi) is 28.0. The van der Waals surface area contributed by atoms with Crippen molar-refractivity contribution in [3.63, 3.8) is 0 Å². The van der Waals surface area contributed by atoms with Crippen LogP contribution in [-0.4, -0.2) is 228 Å². The molecule has 7 aromatic heterocycles. The number of aliphatic hydroxyl groups excluding tert-OH is 4. The Labute approximate surface area is 803 Å². The third kappa shape index (κ3) is 19.9. The van der Waals surface area contributed by atoms with E-state index in [9.17, 15) is 20.4 Å². The predicted octanol–water partition coefficient (Wildman–Crippen LogP) is 18.2. The topological polar surface area (TPSA) is 276 Å². The lowest BCUT2D eigenvalue weighted by Crippen LogP contribution is -2.36. The van der Waals surface area contributed by atoms with Crippen LogP contribution in [-0.2, 0) is 22.7 Å². The number of hydrogen-bond acceptors (Lipinski definition) is 26. The third-order valence-electron chi connectivity index (χ3n) is 30.3. The number of aliphatic hydroxyl groups is 4. The molecule has 4 aliphatic carbocycles. The molecule has 0 radical (unpaired) electrons. The molecule has 722 valence electrons. The molecule has 2 atom stereocenters. The van der Waals surface area contributed by atoms with Gasteiger partial charge in [-0.2, -0.15) is 0 Å². The average Bonchev–Trinajstić information content (AvgIpc) is 1.49. The molecule has 6 saturated heterocycles. The van der Waals surface area contributed by atoms with Gasteiger partial charge in [0, 0.05) is 133 Å². The summed E-state index contributed by atoms with van der Waals surface area (Å²) in [6.07, 6.45) is 20.2. The maximum absolute atomic E-state index is 15.4. The average molecular weight is 1890 g/mol. The van der Waals surface area contributed by atoms with Gasteiger partial charge in [-0.25, -0.2) is 72.4 Å². The number of aromatic nitrogens is 11. The van der Waals surface area contributed by atoms with Crippen LogP contribution in [0.5, 0.6) is 17.2 Å². The Morgan fingerprint density at radius 1 is 0.380 bits per heavy atom. The van der Waals surface area contributed by atoms with E-state index in [1.807, 2.05) is 90.6 Å². The van der Waals surface area contributed by atoms with Gasteiger partial charge in [-0.05, 0) is 242 Å². The number of aryl methyl sites for hydroxylation is 1. The van der Waals surface area contributed by atoms with Crippen LogP contribution in [0, 0.1) is 6.92 Å². The van der Waals surface area contributed by atoms with E-state index in [1.165, 1.54) is 27.8 Å². The summed E-state index contributed by atoms with van der Waals surface area (Å²) in [6, 6.07) is 43.2. The van der Waals surface area contributed by atoms with Gasteiger partial charge in [0.15, 0.2) is 46.0 Å². The molecular formula is C106H126ClF4N19O7. The van der Waals surface area contributed by atoms with Gasteiger partial charge in [0.05, 0.1) is 92.4 Å². The molecule has 10 aliphatic rings. The van der Waals surface area contributed by atoms with Gasteiger partial charge in [0.1, 0.15) is 58.0 Å². The minimum Gasteiger partial charge on any atom is -0.496 e. The van der Waals surface area contributed by atoms with Gasteiger partial charge in [-0.15, -0.1) is 0 Å². The highest BCUT2D eigenvalue weighted by molar-refractivity contribution is 6.35. The number of methoxy groups -OCH3 is 3. The number of para-hydroxylation sites is 3. The Hall–Kier alpha value is -11.4. The van der Waals surface area contributed by atoms with Crippen molar-refractivity contribution in [2.45, 2.75) is 200 Å². The highest BCUT2D eigenvalue weighted by atomic mass is 35.5. The highest BCUT2D eigenvalue weighted by Crippen LogP contribution is 2.53. The Morgan fingerprint density at radius 3 is 1.06 bits per heavy atom. The number of pyridine rings is 3. The number of hydrogen-bond donors (Lipinski definition) is 4. The van der Waals surface area contributed by atoms with Crippen LogP contribution < -0.4 is 53.4 Å². The first-order valence-corrected chi connectivity index (χ1v) is 49.6. The largest absolute Gasteiger partial charge is 0.496 e. The number of likely N-dealkylation sites (N-methyl/N-ethyl adjacent to an activating group) is 2. The molecule has 0 unspecified atom stereocenters. The number of ether oxygens (including phenoxy) is 3. The lowest BCUT2D eigenvalue weighted by Gasteiger charge is -2.36. The van der Waals surface area contributed by atoms with E-state index < -0.39 is 22.7 Å². The second kappa shape index (κ2) is 40.5. The van der Waals surface area contributed by atoms with E-state index in [1.54, 1.807) is 39.9 Å². The highest BCUT2D eigenvalue weighted by Gasteiger charge is 2.50. The summed E-state index contributed by atoms with van der Waals surface area (Å²) in [4.78, 5) is 68.6. The summed E-state index contributed by atoms with van der Waals surface area (Å²) in [7, 11) is 8.97. The molecule has 6 aliphatic heterocycles. The maximum Gasteiger partial charge on any atom is 0.170 e. The van der Waals surface area contributed by atoms with Crippen molar-refractivity contribution < 1.29 is 52.2 Å². The Balaban J connectivity index is 0.000000117. The zero-order valence-corrected chi connectivity index (χ0v) is 80.1. The molecule has 0 amide bonds. The SMILES string of the molecule is COc1ccccc1C1CCN(c2nc(C3(F)CCC3)nc3cnc(N(C)CCO)cc23)CC1.COc1ccccc1C1CCN(c2nc(C3(F)CCC3)nc3cnc(N4CC[C@@H](O)C4)cc23)CC1.COc1ccccc1C1CCN(c2nc(C3(F)CCC3)nc3cnc(N4CC[C@H](O)C4)cc23)CC1.Cc1ccccc1C1CCN(c2nc(C3(F)CC3)nc3c(Cl)cc(N(C)CCO)cc23)CC1. The van der Waals surface area contributed by atoms with Gasteiger partial charge >= 0.3 is 0 Å². The molecule has 22 rings (SSSR count). The fraction of sp³-hybridized carbons (Fsp3) is 0.500.